The molecule has 138 valence electrons. The number of carbonyl (C=O) groups excluding carboxylic acids is 1. The van der Waals surface area contributed by atoms with Crippen molar-refractivity contribution < 1.29 is 4.79 Å². The number of likely N-dealkylation sites (N-methyl/N-ethyl adjacent to an activating group) is 2. The molecule has 2 unspecified atom stereocenters. The first-order valence-electron chi connectivity index (χ1n) is 8.46. The molecule has 1 N–H and O–H groups in total. The standard InChI is InChI=1S/C18H29N3O.2ClH/c1-4-20(5-2)17(15-10-7-6-8-11-15)18(22)21-13-9-12-16(14-21)19-3;;/h6-8,10-11,16-17,19H,4-5,9,12-14H2,1-3H3;2*1H. The molecule has 4 nitrogen and oxygen atoms in total. The van der Waals surface area contributed by atoms with Crippen molar-refractivity contribution in [3.8, 4) is 0 Å². The molecular weight excluding hydrogens is 345 g/mol. The van der Waals surface area contributed by atoms with Gasteiger partial charge in [-0.25, -0.2) is 0 Å². The van der Waals surface area contributed by atoms with E-state index in [1.807, 2.05) is 30.1 Å². The predicted octanol–water partition coefficient (Wildman–Crippen LogP) is 3.12. The summed E-state index contributed by atoms with van der Waals surface area (Å²) in [6.07, 6.45) is 2.23. The maximum absolute atomic E-state index is 13.2. The highest BCUT2D eigenvalue weighted by atomic mass is 35.5. The Morgan fingerprint density at radius 2 is 1.88 bits per heavy atom. The van der Waals surface area contributed by atoms with Crippen molar-refractivity contribution in [1.29, 1.82) is 0 Å². The van der Waals surface area contributed by atoms with Gasteiger partial charge < -0.3 is 10.2 Å². The fourth-order valence-corrected chi connectivity index (χ4v) is 3.32. The lowest BCUT2D eigenvalue weighted by molar-refractivity contribution is -0.138. The summed E-state index contributed by atoms with van der Waals surface area (Å²) in [5, 5.41) is 3.32. The predicted molar refractivity (Wildman–Crippen MR) is 105 cm³/mol. The maximum atomic E-state index is 13.2. The van der Waals surface area contributed by atoms with Crippen molar-refractivity contribution in [2.45, 2.75) is 38.8 Å². The first kappa shape index (κ1) is 23.2. The van der Waals surface area contributed by atoms with Crippen LogP contribution in [0, 0.1) is 0 Å². The molecule has 2 atom stereocenters. The second-order valence-corrected chi connectivity index (χ2v) is 5.95. The van der Waals surface area contributed by atoms with E-state index in [1.54, 1.807) is 0 Å². The van der Waals surface area contributed by atoms with Crippen LogP contribution in [0.25, 0.3) is 0 Å². The highest BCUT2D eigenvalue weighted by Gasteiger charge is 2.32. The van der Waals surface area contributed by atoms with Gasteiger partial charge in [-0.2, -0.15) is 0 Å². The lowest BCUT2D eigenvalue weighted by Gasteiger charge is -2.38. The van der Waals surface area contributed by atoms with E-state index in [0.29, 0.717) is 6.04 Å². The third-order valence-corrected chi connectivity index (χ3v) is 4.67. The van der Waals surface area contributed by atoms with Crippen molar-refractivity contribution in [2.75, 3.05) is 33.2 Å². The molecule has 2 rings (SSSR count). The smallest absolute Gasteiger partial charge is 0.244 e. The number of likely N-dealkylation sites (tertiary alicyclic amines) is 1. The fraction of sp³-hybridized carbons (Fsp3) is 0.611. The van der Waals surface area contributed by atoms with Crippen molar-refractivity contribution in [3.63, 3.8) is 0 Å². The molecule has 0 bridgehead atoms. The molecule has 0 radical (unpaired) electrons. The average molecular weight is 376 g/mol. The number of amides is 1. The van der Waals surface area contributed by atoms with E-state index < -0.39 is 0 Å². The van der Waals surface area contributed by atoms with Gasteiger partial charge in [-0.15, -0.1) is 24.8 Å². The molecule has 0 spiro atoms. The van der Waals surface area contributed by atoms with Crippen molar-refractivity contribution in [2.24, 2.45) is 0 Å². The summed E-state index contributed by atoms with van der Waals surface area (Å²) in [5.41, 5.74) is 1.10. The Bertz CT molecular complexity index is 469. The molecule has 0 saturated carbocycles. The number of piperidine rings is 1. The zero-order valence-corrected chi connectivity index (χ0v) is 16.5. The number of rotatable bonds is 6. The number of benzene rings is 1. The van der Waals surface area contributed by atoms with E-state index in [0.717, 1.165) is 44.6 Å². The third kappa shape index (κ3) is 5.62. The highest BCUT2D eigenvalue weighted by Crippen LogP contribution is 2.24. The second-order valence-electron chi connectivity index (χ2n) is 5.95. The number of hydrogen-bond acceptors (Lipinski definition) is 3. The zero-order valence-electron chi connectivity index (χ0n) is 14.9. The molecule has 0 aromatic heterocycles. The van der Waals surface area contributed by atoms with Crippen LogP contribution in [0.2, 0.25) is 0 Å². The summed E-state index contributed by atoms with van der Waals surface area (Å²) in [6.45, 7) is 7.70. The second kappa shape index (κ2) is 11.7. The van der Waals surface area contributed by atoms with Gasteiger partial charge in [-0.1, -0.05) is 44.2 Å². The van der Waals surface area contributed by atoms with Crippen molar-refractivity contribution in [3.05, 3.63) is 35.9 Å². The quantitative estimate of drug-likeness (QED) is 0.829. The summed E-state index contributed by atoms with van der Waals surface area (Å²) < 4.78 is 0. The topological polar surface area (TPSA) is 35.6 Å². The Labute approximate surface area is 158 Å². The number of halogens is 2. The van der Waals surface area contributed by atoms with Gasteiger partial charge in [0, 0.05) is 19.1 Å². The molecule has 1 saturated heterocycles. The van der Waals surface area contributed by atoms with Gasteiger partial charge >= 0.3 is 0 Å². The monoisotopic (exact) mass is 375 g/mol. The van der Waals surface area contributed by atoms with Crippen LogP contribution < -0.4 is 5.32 Å². The van der Waals surface area contributed by atoms with Gasteiger partial charge in [0.15, 0.2) is 0 Å². The molecular formula is C18H31Cl2N3O. The van der Waals surface area contributed by atoms with E-state index in [4.69, 9.17) is 0 Å². The van der Waals surface area contributed by atoms with Gasteiger partial charge in [0.25, 0.3) is 0 Å². The van der Waals surface area contributed by atoms with E-state index in [-0.39, 0.29) is 36.8 Å². The number of hydrogen-bond donors (Lipinski definition) is 1. The summed E-state index contributed by atoms with van der Waals surface area (Å²) in [4.78, 5) is 17.5. The minimum absolute atomic E-state index is 0. The third-order valence-electron chi connectivity index (χ3n) is 4.67. The minimum atomic E-state index is -0.160. The summed E-state index contributed by atoms with van der Waals surface area (Å²) in [5.74, 6) is 0.245. The molecule has 1 aromatic carbocycles. The Balaban J connectivity index is 0.00000264. The molecule has 1 aliphatic heterocycles. The Hall–Kier alpha value is -0.810. The Kier molecular flexibility index (Phi) is 11.3. The highest BCUT2D eigenvalue weighted by molar-refractivity contribution is 5.85. The van der Waals surface area contributed by atoms with Crippen LogP contribution >= 0.6 is 24.8 Å². The molecule has 1 amide bonds. The Morgan fingerprint density at radius 1 is 1.25 bits per heavy atom. The van der Waals surface area contributed by atoms with Gasteiger partial charge in [-0.3, -0.25) is 9.69 Å². The first-order chi connectivity index (χ1) is 10.7. The number of nitrogens with zero attached hydrogens (tertiary/aromatic N) is 2. The van der Waals surface area contributed by atoms with Crippen molar-refractivity contribution >= 4 is 30.7 Å². The van der Waals surface area contributed by atoms with E-state index in [2.05, 4.69) is 36.2 Å². The SMILES string of the molecule is CCN(CC)C(C(=O)N1CCCC(NC)C1)c1ccccc1.Cl.Cl. The molecule has 24 heavy (non-hydrogen) atoms. The van der Waals surface area contributed by atoms with Gasteiger partial charge in [-0.05, 0) is 38.5 Å². The number of nitrogens with one attached hydrogen (secondary N) is 1. The molecule has 1 fully saturated rings. The van der Waals surface area contributed by atoms with Crippen molar-refractivity contribution in [1.82, 2.24) is 15.1 Å². The maximum Gasteiger partial charge on any atom is 0.244 e. The van der Waals surface area contributed by atoms with Crippen LogP contribution in [0.15, 0.2) is 30.3 Å². The Morgan fingerprint density at radius 3 is 2.42 bits per heavy atom. The normalized spacial score (nSPS) is 18.5. The van der Waals surface area contributed by atoms with Crippen LogP contribution in [-0.2, 0) is 4.79 Å². The van der Waals surface area contributed by atoms with Crippen LogP contribution in [0.4, 0.5) is 0 Å². The van der Waals surface area contributed by atoms with Gasteiger partial charge in [0.1, 0.15) is 6.04 Å². The summed E-state index contributed by atoms with van der Waals surface area (Å²) in [7, 11) is 1.98. The zero-order chi connectivity index (χ0) is 15.9. The van der Waals surface area contributed by atoms with Crippen LogP contribution in [0.1, 0.15) is 38.3 Å². The van der Waals surface area contributed by atoms with E-state index in [9.17, 15) is 4.79 Å². The molecule has 1 heterocycles. The van der Waals surface area contributed by atoms with Crippen LogP contribution in [0.3, 0.4) is 0 Å². The van der Waals surface area contributed by atoms with Gasteiger partial charge in [0.2, 0.25) is 5.91 Å². The first-order valence-corrected chi connectivity index (χ1v) is 8.46. The summed E-state index contributed by atoms with van der Waals surface area (Å²) in [6, 6.07) is 10.4. The van der Waals surface area contributed by atoms with Gasteiger partial charge in [0.05, 0.1) is 0 Å². The summed E-state index contributed by atoms with van der Waals surface area (Å²) >= 11 is 0. The van der Waals surface area contributed by atoms with E-state index >= 15 is 0 Å². The molecule has 1 aliphatic rings. The lowest BCUT2D eigenvalue weighted by Crippen LogP contribution is -2.50. The minimum Gasteiger partial charge on any atom is -0.339 e. The van der Waals surface area contributed by atoms with Crippen LogP contribution in [-0.4, -0.2) is 55.0 Å². The van der Waals surface area contributed by atoms with E-state index in [1.165, 1.54) is 0 Å². The molecule has 1 aromatic rings. The van der Waals surface area contributed by atoms with Crippen LogP contribution in [0.5, 0.6) is 0 Å². The molecule has 6 heteroatoms. The average Bonchev–Trinajstić information content (AvgIpc) is 2.59. The molecule has 0 aliphatic carbocycles. The number of carbonyl (C=O) groups is 1. The largest absolute Gasteiger partial charge is 0.339 e. The fourth-order valence-electron chi connectivity index (χ4n) is 3.32. The lowest BCUT2D eigenvalue weighted by atomic mass is 10.0.